The van der Waals surface area contributed by atoms with E-state index in [-0.39, 0.29) is 11.6 Å². The van der Waals surface area contributed by atoms with E-state index < -0.39 is 5.82 Å². The first-order valence-electron chi connectivity index (χ1n) is 5.06. The van der Waals surface area contributed by atoms with Crippen molar-refractivity contribution in [3.8, 4) is 6.07 Å². The van der Waals surface area contributed by atoms with E-state index in [1.165, 1.54) is 17.4 Å². The van der Waals surface area contributed by atoms with Crippen LogP contribution in [0, 0.1) is 17.1 Å². The van der Waals surface area contributed by atoms with Crippen molar-refractivity contribution in [1.29, 1.82) is 5.26 Å². The van der Waals surface area contributed by atoms with Crippen molar-refractivity contribution < 1.29 is 4.39 Å². The molecule has 17 heavy (non-hydrogen) atoms. The number of benzene rings is 1. The van der Waals surface area contributed by atoms with E-state index >= 15 is 0 Å². The molecule has 0 bridgehead atoms. The Morgan fingerprint density at radius 1 is 1.53 bits per heavy atom. The molecule has 1 N–H and O–H groups in total. The minimum absolute atomic E-state index is 0.00333. The van der Waals surface area contributed by atoms with Gasteiger partial charge in [-0.15, -0.1) is 11.3 Å². The van der Waals surface area contributed by atoms with Gasteiger partial charge in [-0.2, -0.15) is 5.26 Å². The maximum Gasteiger partial charge on any atom is 0.143 e. The summed E-state index contributed by atoms with van der Waals surface area (Å²) in [5.74, 6) is -0.506. The maximum atomic E-state index is 13.4. The molecule has 3 nitrogen and oxygen atoms in total. The van der Waals surface area contributed by atoms with Crippen LogP contribution in [-0.4, -0.2) is 4.98 Å². The van der Waals surface area contributed by atoms with Crippen molar-refractivity contribution in [2.24, 2.45) is 0 Å². The Hall–Kier alpha value is -1.93. The highest BCUT2D eigenvalue weighted by molar-refractivity contribution is 7.09. The van der Waals surface area contributed by atoms with Crippen molar-refractivity contribution >= 4 is 17.0 Å². The Kier molecular flexibility index (Phi) is 3.35. The maximum absolute atomic E-state index is 13.4. The first-order valence-corrected chi connectivity index (χ1v) is 5.94. The summed E-state index contributed by atoms with van der Waals surface area (Å²) in [5, 5.41) is 12.0. The number of hydrogen-bond donors (Lipinski definition) is 1. The van der Waals surface area contributed by atoms with E-state index in [1.54, 1.807) is 23.8 Å². The Balaban J connectivity index is 2.25. The van der Waals surface area contributed by atoms with Crippen LogP contribution in [0.3, 0.4) is 0 Å². The molecule has 0 aliphatic heterocycles. The molecule has 1 aromatic heterocycles. The summed E-state index contributed by atoms with van der Waals surface area (Å²) in [6, 6.07) is 6.42. The van der Waals surface area contributed by atoms with Crippen LogP contribution < -0.4 is 5.32 Å². The summed E-state index contributed by atoms with van der Waals surface area (Å²) in [5.41, 5.74) is 2.29. The number of hydrogen-bond acceptors (Lipinski definition) is 4. The molecule has 1 unspecified atom stereocenters. The fourth-order valence-electron chi connectivity index (χ4n) is 1.50. The third-order valence-corrected chi connectivity index (χ3v) is 3.33. The molecule has 0 radical (unpaired) electrons. The van der Waals surface area contributed by atoms with Gasteiger partial charge >= 0.3 is 0 Å². The molecule has 0 aliphatic rings. The van der Waals surface area contributed by atoms with Crippen LogP contribution in [0.1, 0.15) is 23.4 Å². The molecule has 1 aromatic carbocycles. The number of nitriles is 1. The summed E-state index contributed by atoms with van der Waals surface area (Å²) in [7, 11) is 0. The van der Waals surface area contributed by atoms with E-state index in [0.29, 0.717) is 5.69 Å². The number of anilines is 1. The summed E-state index contributed by atoms with van der Waals surface area (Å²) < 4.78 is 13.4. The fraction of sp³-hybridized carbons (Fsp3) is 0.167. The minimum atomic E-state index is -0.506. The first kappa shape index (κ1) is 11.6. The van der Waals surface area contributed by atoms with Crippen LogP contribution in [-0.2, 0) is 0 Å². The van der Waals surface area contributed by atoms with Crippen molar-refractivity contribution in [2.45, 2.75) is 13.0 Å². The Morgan fingerprint density at radius 2 is 2.35 bits per heavy atom. The zero-order chi connectivity index (χ0) is 12.3. The Morgan fingerprint density at radius 3 is 3.00 bits per heavy atom. The quantitative estimate of drug-likeness (QED) is 0.905. The lowest BCUT2D eigenvalue weighted by Gasteiger charge is -2.14. The fourth-order valence-corrected chi connectivity index (χ4v) is 2.13. The van der Waals surface area contributed by atoms with E-state index in [2.05, 4.69) is 10.3 Å². The number of aromatic nitrogens is 1. The summed E-state index contributed by atoms with van der Waals surface area (Å²) >= 11 is 1.52. The first-order chi connectivity index (χ1) is 8.22. The molecule has 5 heteroatoms. The summed E-state index contributed by atoms with van der Waals surface area (Å²) in [6.07, 6.45) is 1.76. The second-order valence-electron chi connectivity index (χ2n) is 3.54. The van der Waals surface area contributed by atoms with Crippen LogP contribution in [0.5, 0.6) is 0 Å². The number of thiazole rings is 1. The highest BCUT2D eigenvalue weighted by Crippen LogP contribution is 2.25. The van der Waals surface area contributed by atoms with Gasteiger partial charge in [0.05, 0.1) is 17.2 Å². The molecule has 1 heterocycles. The molecule has 2 aromatic rings. The predicted molar refractivity (Wildman–Crippen MR) is 65.3 cm³/mol. The van der Waals surface area contributed by atoms with Gasteiger partial charge in [0.2, 0.25) is 0 Å². The molecule has 0 saturated carbocycles. The highest BCUT2D eigenvalue weighted by atomic mass is 32.1. The SMILES string of the molecule is CC(Nc1cccc(F)c1C#N)c1cncs1. The minimum Gasteiger partial charge on any atom is -0.376 e. The molecule has 86 valence electrons. The van der Waals surface area contributed by atoms with Gasteiger partial charge in [0.15, 0.2) is 0 Å². The highest BCUT2D eigenvalue weighted by Gasteiger charge is 2.12. The van der Waals surface area contributed by atoms with Gasteiger partial charge in [0, 0.05) is 11.1 Å². The van der Waals surface area contributed by atoms with Gasteiger partial charge in [-0.1, -0.05) is 6.07 Å². The van der Waals surface area contributed by atoms with Gasteiger partial charge in [0.1, 0.15) is 17.4 Å². The zero-order valence-corrected chi connectivity index (χ0v) is 9.96. The number of nitrogens with zero attached hydrogens (tertiary/aromatic N) is 2. The van der Waals surface area contributed by atoms with Crippen LogP contribution in [0.25, 0.3) is 0 Å². The molecule has 0 amide bonds. The van der Waals surface area contributed by atoms with Crippen LogP contribution in [0.4, 0.5) is 10.1 Å². The summed E-state index contributed by atoms with van der Waals surface area (Å²) in [4.78, 5) is 5.02. The molecule has 0 aliphatic carbocycles. The van der Waals surface area contributed by atoms with Crippen molar-refractivity contribution in [3.05, 3.63) is 46.2 Å². The zero-order valence-electron chi connectivity index (χ0n) is 9.14. The topological polar surface area (TPSA) is 48.7 Å². The normalized spacial score (nSPS) is 11.8. The van der Waals surface area contributed by atoms with Crippen molar-refractivity contribution in [3.63, 3.8) is 0 Å². The van der Waals surface area contributed by atoms with Crippen LogP contribution in [0.15, 0.2) is 29.9 Å². The van der Waals surface area contributed by atoms with Crippen molar-refractivity contribution in [2.75, 3.05) is 5.32 Å². The van der Waals surface area contributed by atoms with Crippen LogP contribution >= 0.6 is 11.3 Å². The van der Waals surface area contributed by atoms with Gasteiger partial charge in [-0.3, -0.25) is 4.98 Å². The third kappa shape index (κ3) is 2.43. The van der Waals surface area contributed by atoms with E-state index in [1.807, 2.05) is 13.0 Å². The van der Waals surface area contributed by atoms with E-state index in [9.17, 15) is 4.39 Å². The molecular weight excluding hydrogens is 237 g/mol. The Bertz CT molecular complexity index is 545. The van der Waals surface area contributed by atoms with Crippen molar-refractivity contribution in [1.82, 2.24) is 4.98 Å². The largest absolute Gasteiger partial charge is 0.376 e. The number of nitrogens with one attached hydrogen (secondary N) is 1. The molecule has 1 atom stereocenters. The van der Waals surface area contributed by atoms with Crippen LogP contribution in [0.2, 0.25) is 0 Å². The number of rotatable bonds is 3. The standard InChI is InChI=1S/C12H10FN3S/c1-8(12-6-15-7-17-12)16-11-4-2-3-10(13)9(11)5-14/h2-4,6-8,16H,1H3. The lowest BCUT2D eigenvalue weighted by Crippen LogP contribution is -2.07. The average molecular weight is 247 g/mol. The predicted octanol–water partition coefficient (Wildman–Crippen LogP) is 3.33. The Labute approximate surface area is 103 Å². The molecule has 0 saturated heterocycles. The summed E-state index contributed by atoms with van der Waals surface area (Å²) in [6.45, 7) is 1.94. The average Bonchev–Trinajstić information content (AvgIpc) is 2.82. The molecule has 0 fully saturated rings. The van der Waals surface area contributed by atoms with Gasteiger partial charge < -0.3 is 5.32 Å². The van der Waals surface area contributed by atoms with Gasteiger partial charge in [0.25, 0.3) is 0 Å². The van der Waals surface area contributed by atoms with E-state index in [4.69, 9.17) is 5.26 Å². The second-order valence-corrected chi connectivity index (χ2v) is 4.46. The number of halogens is 1. The van der Waals surface area contributed by atoms with Gasteiger partial charge in [-0.25, -0.2) is 4.39 Å². The molecule has 0 spiro atoms. The monoisotopic (exact) mass is 247 g/mol. The second kappa shape index (κ2) is 4.93. The smallest absolute Gasteiger partial charge is 0.143 e. The molecule has 2 rings (SSSR count). The third-order valence-electron chi connectivity index (χ3n) is 2.38. The molecular formula is C12H10FN3S. The lowest BCUT2D eigenvalue weighted by atomic mass is 10.1. The van der Waals surface area contributed by atoms with E-state index in [0.717, 1.165) is 4.88 Å². The lowest BCUT2D eigenvalue weighted by molar-refractivity contribution is 0.624. The van der Waals surface area contributed by atoms with Gasteiger partial charge in [-0.05, 0) is 19.1 Å².